The lowest BCUT2D eigenvalue weighted by Gasteiger charge is -2.12. The molecule has 3 heteroatoms. The van der Waals surface area contributed by atoms with Gasteiger partial charge in [-0.15, -0.1) is 0 Å². The summed E-state index contributed by atoms with van der Waals surface area (Å²) in [6.07, 6.45) is 3.89. The molecule has 16 heavy (non-hydrogen) atoms. The Morgan fingerprint density at radius 1 is 1.31 bits per heavy atom. The molecule has 0 aromatic carbocycles. The van der Waals surface area contributed by atoms with Crippen molar-refractivity contribution in [3.05, 3.63) is 24.0 Å². The maximum Gasteiger partial charge on any atom is 0.0827 e. The van der Waals surface area contributed by atoms with Crippen molar-refractivity contribution in [2.24, 2.45) is 5.92 Å². The smallest absolute Gasteiger partial charge is 0.0827 e. The van der Waals surface area contributed by atoms with E-state index in [0.29, 0.717) is 6.61 Å². The summed E-state index contributed by atoms with van der Waals surface area (Å²) in [5.74, 6) is 0.253. The van der Waals surface area contributed by atoms with Crippen LogP contribution in [0, 0.1) is 5.92 Å². The second-order valence-electron chi connectivity index (χ2n) is 4.79. The molecule has 3 nitrogen and oxygen atoms in total. The van der Waals surface area contributed by atoms with Gasteiger partial charge in [0.2, 0.25) is 0 Å². The van der Waals surface area contributed by atoms with Crippen molar-refractivity contribution >= 4 is 0 Å². The summed E-state index contributed by atoms with van der Waals surface area (Å²) in [5.41, 5.74) is 0.986. The highest BCUT2D eigenvalue weighted by molar-refractivity contribution is 5.14. The van der Waals surface area contributed by atoms with Crippen molar-refractivity contribution in [1.29, 1.82) is 0 Å². The van der Waals surface area contributed by atoms with Gasteiger partial charge in [0, 0.05) is 18.9 Å². The lowest BCUT2D eigenvalue weighted by Crippen LogP contribution is -2.09. The van der Waals surface area contributed by atoms with Gasteiger partial charge in [0.25, 0.3) is 0 Å². The molecule has 0 bridgehead atoms. The summed E-state index contributed by atoms with van der Waals surface area (Å²) in [7, 11) is 0. The van der Waals surface area contributed by atoms with E-state index in [1.807, 2.05) is 46.2 Å². The van der Waals surface area contributed by atoms with E-state index in [4.69, 9.17) is 4.74 Å². The van der Waals surface area contributed by atoms with Crippen LogP contribution < -0.4 is 0 Å². The van der Waals surface area contributed by atoms with E-state index in [1.54, 1.807) is 0 Å². The lowest BCUT2D eigenvalue weighted by molar-refractivity contribution is 0.0726. The number of nitrogens with zero attached hydrogens (tertiary/aromatic N) is 1. The molecule has 1 rings (SSSR count). The quantitative estimate of drug-likeness (QED) is 0.807. The number of rotatable bonds is 6. The van der Waals surface area contributed by atoms with E-state index in [9.17, 15) is 5.11 Å². The third kappa shape index (κ3) is 3.99. The molecule has 1 unspecified atom stereocenters. The van der Waals surface area contributed by atoms with Crippen molar-refractivity contribution in [3.63, 3.8) is 0 Å². The Morgan fingerprint density at radius 2 is 2.00 bits per heavy atom. The molecular weight excluding hydrogens is 202 g/mol. The molecule has 0 aliphatic rings. The standard InChI is InChI=1S/C13H23NO2/c1-10(2)13(15)12-5-6-14(9-12)7-8-16-11(3)4/h5-6,9-11,13,15H,7-8H2,1-4H3. The van der Waals surface area contributed by atoms with Gasteiger partial charge in [-0.25, -0.2) is 0 Å². The summed E-state index contributed by atoms with van der Waals surface area (Å²) in [6, 6.07) is 1.97. The van der Waals surface area contributed by atoms with Crippen LogP contribution in [0.1, 0.15) is 39.4 Å². The predicted molar refractivity (Wildman–Crippen MR) is 65.3 cm³/mol. The average Bonchev–Trinajstić information content (AvgIpc) is 2.64. The van der Waals surface area contributed by atoms with Gasteiger partial charge in [0.05, 0.1) is 18.8 Å². The number of hydrogen-bond acceptors (Lipinski definition) is 2. The maximum atomic E-state index is 9.88. The zero-order valence-electron chi connectivity index (χ0n) is 10.7. The van der Waals surface area contributed by atoms with E-state index in [-0.39, 0.29) is 18.1 Å². The predicted octanol–water partition coefficient (Wildman–Crippen LogP) is 2.60. The first-order chi connectivity index (χ1) is 7.50. The van der Waals surface area contributed by atoms with Crippen LogP contribution in [0.5, 0.6) is 0 Å². The fraction of sp³-hybridized carbons (Fsp3) is 0.692. The molecule has 1 atom stereocenters. The van der Waals surface area contributed by atoms with E-state index in [2.05, 4.69) is 4.57 Å². The molecule has 0 saturated heterocycles. The second-order valence-corrected chi connectivity index (χ2v) is 4.79. The second kappa shape index (κ2) is 6.06. The summed E-state index contributed by atoms with van der Waals surface area (Å²) in [5, 5.41) is 9.88. The van der Waals surface area contributed by atoms with Gasteiger partial charge in [-0.05, 0) is 31.4 Å². The fourth-order valence-corrected chi connectivity index (χ4v) is 1.55. The summed E-state index contributed by atoms with van der Waals surface area (Å²) in [4.78, 5) is 0. The highest BCUT2D eigenvalue weighted by Gasteiger charge is 2.12. The molecule has 1 aromatic heterocycles. The fourth-order valence-electron chi connectivity index (χ4n) is 1.55. The molecule has 92 valence electrons. The number of ether oxygens (including phenoxy) is 1. The van der Waals surface area contributed by atoms with E-state index in [0.717, 1.165) is 12.1 Å². The number of hydrogen-bond donors (Lipinski definition) is 1. The van der Waals surface area contributed by atoms with Crippen LogP contribution >= 0.6 is 0 Å². The molecule has 0 spiro atoms. The third-order valence-electron chi connectivity index (χ3n) is 2.55. The van der Waals surface area contributed by atoms with Crippen LogP contribution in [0.15, 0.2) is 18.5 Å². The van der Waals surface area contributed by atoms with E-state index < -0.39 is 0 Å². The molecule has 1 aromatic rings. The molecule has 0 radical (unpaired) electrons. The van der Waals surface area contributed by atoms with Gasteiger partial charge in [-0.2, -0.15) is 0 Å². The van der Waals surface area contributed by atoms with Crippen molar-refractivity contribution < 1.29 is 9.84 Å². The normalized spacial score (nSPS) is 13.7. The Morgan fingerprint density at radius 3 is 2.56 bits per heavy atom. The number of aliphatic hydroxyl groups is 1. The SMILES string of the molecule is CC(C)OCCn1ccc(C(O)C(C)C)c1. The third-order valence-corrected chi connectivity index (χ3v) is 2.55. The Hall–Kier alpha value is -0.800. The van der Waals surface area contributed by atoms with Gasteiger partial charge in [0.1, 0.15) is 0 Å². The molecule has 0 amide bonds. The van der Waals surface area contributed by atoms with Crippen molar-refractivity contribution in [1.82, 2.24) is 4.57 Å². The Bertz CT molecular complexity index is 305. The molecule has 1 heterocycles. The van der Waals surface area contributed by atoms with Gasteiger partial charge in [-0.3, -0.25) is 0 Å². The van der Waals surface area contributed by atoms with E-state index in [1.165, 1.54) is 0 Å². The Balaban J connectivity index is 2.45. The molecule has 0 aliphatic heterocycles. The molecule has 0 fully saturated rings. The van der Waals surface area contributed by atoms with Gasteiger partial charge >= 0.3 is 0 Å². The molecule has 0 aliphatic carbocycles. The molecule has 0 saturated carbocycles. The number of aliphatic hydroxyl groups excluding tert-OH is 1. The first-order valence-corrected chi connectivity index (χ1v) is 5.96. The summed E-state index contributed by atoms with van der Waals surface area (Å²) >= 11 is 0. The van der Waals surface area contributed by atoms with Gasteiger partial charge in [-0.1, -0.05) is 13.8 Å². The monoisotopic (exact) mass is 225 g/mol. The van der Waals surface area contributed by atoms with Crippen LogP contribution in [0.3, 0.4) is 0 Å². The highest BCUT2D eigenvalue weighted by atomic mass is 16.5. The Labute approximate surface area is 98.0 Å². The van der Waals surface area contributed by atoms with Gasteiger partial charge in [0.15, 0.2) is 0 Å². The van der Waals surface area contributed by atoms with Crippen molar-refractivity contribution in [2.75, 3.05) is 6.61 Å². The minimum absolute atomic E-state index is 0.253. The maximum absolute atomic E-state index is 9.88. The van der Waals surface area contributed by atoms with E-state index >= 15 is 0 Å². The van der Waals surface area contributed by atoms with Crippen LogP contribution in [0.4, 0.5) is 0 Å². The average molecular weight is 225 g/mol. The van der Waals surface area contributed by atoms with Crippen molar-refractivity contribution in [2.45, 2.75) is 46.4 Å². The molecule has 1 N–H and O–H groups in total. The largest absolute Gasteiger partial charge is 0.388 e. The lowest BCUT2D eigenvalue weighted by atomic mass is 10.0. The van der Waals surface area contributed by atoms with Crippen LogP contribution in [0.2, 0.25) is 0 Å². The summed E-state index contributed by atoms with van der Waals surface area (Å²) < 4.78 is 7.54. The first kappa shape index (κ1) is 13.3. The minimum atomic E-state index is -0.368. The number of aromatic nitrogens is 1. The zero-order chi connectivity index (χ0) is 12.1. The topological polar surface area (TPSA) is 34.4 Å². The Kier molecular flexibility index (Phi) is 5.03. The van der Waals surface area contributed by atoms with Gasteiger partial charge < -0.3 is 14.4 Å². The summed E-state index contributed by atoms with van der Waals surface area (Å²) in [6.45, 7) is 9.65. The molecular formula is C13H23NO2. The minimum Gasteiger partial charge on any atom is -0.388 e. The van der Waals surface area contributed by atoms with Crippen LogP contribution in [-0.4, -0.2) is 22.4 Å². The zero-order valence-corrected chi connectivity index (χ0v) is 10.7. The van der Waals surface area contributed by atoms with Crippen LogP contribution in [0.25, 0.3) is 0 Å². The van der Waals surface area contributed by atoms with Crippen molar-refractivity contribution in [3.8, 4) is 0 Å². The highest BCUT2D eigenvalue weighted by Crippen LogP contribution is 2.21. The van der Waals surface area contributed by atoms with Crippen LogP contribution in [-0.2, 0) is 11.3 Å². The first-order valence-electron chi connectivity index (χ1n) is 5.96.